The van der Waals surface area contributed by atoms with Gasteiger partial charge in [-0.25, -0.2) is 4.98 Å². The summed E-state index contributed by atoms with van der Waals surface area (Å²) in [6.07, 6.45) is 3.60. The van der Waals surface area contributed by atoms with Gasteiger partial charge in [-0.05, 0) is 30.9 Å². The maximum Gasteiger partial charge on any atom is 0.307 e. The van der Waals surface area contributed by atoms with Crippen LogP contribution in [0.25, 0.3) is 11.3 Å². The Kier molecular flexibility index (Phi) is 3.11. The number of aromatic nitrogens is 1. The van der Waals surface area contributed by atoms with E-state index in [-0.39, 0.29) is 23.6 Å². The largest absolute Gasteiger partial charge is 0.508 e. The number of hydrogen-bond acceptors (Lipinski definition) is 5. The van der Waals surface area contributed by atoms with Crippen molar-refractivity contribution >= 4 is 5.91 Å². The van der Waals surface area contributed by atoms with Crippen LogP contribution in [0, 0.1) is 5.92 Å². The highest BCUT2D eigenvalue weighted by atomic mass is 16.4. The highest BCUT2D eigenvalue weighted by molar-refractivity contribution is 5.90. The standard InChI is InChI=1S/C16H17N3O3/c20-12-3-1-2-9(5-12)14-8-18-16(22-14)15(21)19-13-6-11-4-10(13)7-17-11/h1-3,5,8,10-11,13,17,20H,4,6-7H2,(H,19,21). The molecule has 1 saturated carbocycles. The first-order valence-electron chi connectivity index (χ1n) is 7.48. The molecule has 2 bridgehead atoms. The van der Waals surface area contributed by atoms with E-state index in [1.165, 1.54) is 6.20 Å². The van der Waals surface area contributed by atoms with E-state index in [4.69, 9.17) is 4.42 Å². The third-order valence-corrected chi connectivity index (χ3v) is 4.51. The van der Waals surface area contributed by atoms with Crippen LogP contribution < -0.4 is 10.6 Å². The van der Waals surface area contributed by atoms with Crippen LogP contribution in [0.15, 0.2) is 34.9 Å². The summed E-state index contributed by atoms with van der Waals surface area (Å²) >= 11 is 0. The first kappa shape index (κ1) is 13.3. The van der Waals surface area contributed by atoms with E-state index in [1.54, 1.807) is 24.3 Å². The fraction of sp³-hybridized carbons (Fsp3) is 0.375. The van der Waals surface area contributed by atoms with E-state index < -0.39 is 0 Å². The van der Waals surface area contributed by atoms with Gasteiger partial charge in [-0.1, -0.05) is 12.1 Å². The molecular weight excluding hydrogens is 282 g/mol. The summed E-state index contributed by atoms with van der Waals surface area (Å²) in [5.41, 5.74) is 0.690. The normalized spacial score (nSPS) is 26.3. The predicted molar refractivity (Wildman–Crippen MR) is 79.4 cm³/mol. The van der Waals surface area contributed by atoms with Gasteiger partial charge in [0, 0.05) is 24.2 Å². The van der Waals surface area contributed by atoms with E-state index >= 15 is 0 Å². The van der Waals surface area contributed by atoms with Crippen LogP contribution in [-0.4, -0.2) is 34.6 Å². The molecule has 3 N–H and O–H groups in total. The summed E-state index contributed by atoms with van der Waals surface area (Å²) in [4.78, 5) is 16.3. The topological polar surface area (TPSA) is 87.4 Å². The Morgan fingerprint density at radius 3 is 3.05 bits per heavy atom. The van der Waals surface area contributed by atoms with Crippen molar-refractivity contribution in [1.29, 1.82) is 0 Å². The number of carbonyl (C=O) groups excluding carboxylic acids is 1. The van der Waals surface area contributed by atoms with E-state index in [0.717, 1.165) is 19.4 Å². The number of rotatable bonds is 3. The average Bonchev–Trinajstić information content (AvgIpc) is 3.23. The second kappa shape index (κ2) is 5.14. The number of phenolic OH excluding ortho intramolecular Hbond substituents is 1. The van der Waals surface area contributed by atoms with Crippen molar-refractivity contribution in [1.82, 2.24) is 15.6 Å². The van der Waals surface area contributed by atoms with Crippen molar-refractivity contribution in [2.45, 2.75) is 24.9 Å². The summed E-state index contributed by atoms with van der Waals surface area (Å²) in [5, 5.41) is 15.9. The number of fused-ring (bicyclic) bond motifs is 2. The first-order valence-corrected chi connectivity index (χ1v) is 7.48. The molecule has 1 aromatic carbocycles. The maximum atomic E-state index is 12.3. The average molecular weight is 299 g/mol. The number of aromatic hydroxyl groups is 1. The number of carbonyl (C=O) groups is 1. The van der Waals surface area contributed by atoms with Crippen LogP contribution in [0.1, 0.15) is 23.5 Å². The quantitative estimate of drug-likeness (QED) is 0.800. The van der Waals surface area contributed by atoms with Gasteiger partial charge in [0.05, 0.1) is 6.20 Å². The SMILES string of the molecule is O=C(NC1CC2CC1CN2)c1ncc(-c2cccc(O)c2)o1. The molecule has 1 aliphatic heterocycles. The maximum absolute atomic E-state index is 12.3. The molecule has 1 saturated heterocycles. The molecule has 1 amide bonds. The third-order valence-electron chi connectivity index (χ3n) is 4.51. The van der Waals surface area contributed by atoms with Crippen LogP contribution in [-0.2, 0) is 0 Å². The highest BCUT2D eigenvalue weighted by Gasteiger charge is 2.40. The lowest BCUT2D eigenvalue weighted by Gasteiger charge is -2.22. The predicted octanol–water partition coefficient (Wildman–Crippen LogP) is 1.53. The van der Waals surface area contributed by atoms with E-state index in [0.29, 0.717) is 23.3 Å². The monoisotopic (exact) mass is 299 g/mol. The molecule has 2 fully saturated rings. The zero-order valence-corrected chi connectivity index (χ0v) is 12.0. The molecule has 4 rings (SSSR count). The fourth-order valence-electron chi connectivity index (χ4n) is 3.41. The lowest BCUT2D eigenvalue weighted by Crippen LogP contribution is -2.44. The van der Waals surface area contributed by atoms with Gasteiger partial charge in [-0.2, -0.15) is 0 Å². The number of piperidine rings is 1. The Balaban J connectivity index is 1.48. The molecule has 2 aromatic rings. The molecule has 1 aromatic heterocycles. The van der Waals surface area contributed by atoms with Crippen LogP contribution in [0.2, 0.25) is 0 Å². The summed E-state index contributed by atoms with van der Waals surface area (Å²) in [6.45, 7) is 0.968. The Labute approximate surface area is 127 Å². The van der Waals surface area contributed by atoms with Gasteiger partial charge in [0.2, 0.25) is 0 Å². The molecular formula is C16H17N3O3. The van der Waals surface area contributed by atoms with Gasteiger partial charge in [0.15, 0.2) is 5.76 Å². The summed E-state index contributed by atoms with van der Waals surface area (Å²) in [6, 6.07) is 7.40. The zero-order chi connectivity index (χ0) is 15.1. The number of hydrogen-bond donors (Lipinski definition) is 3. The number of oxazole rings is 1. The molecule has 1 aliphatic carbocycles. The molecule has 22 heavy (non-hydrogen) atoms. The number of phenols is 1. The number of benzene rings is 1. The van der Waals surface area contributed by atoms with Crippen molar-refractivity contribution < 1.29 is 14.3 Å². The van der Waals surface area contributed by atoms with Crippen molar-refractivity contribution in [2.75, 3.05) is 6.54 Å². The summed E-state index contributed by atoms with van der Waals surface area (Å²) < 4.78 is 5.53. The number of amides is 1. The lowest BCUT2D eigenvalue weighted by atomic mass is 10.0. The van der Waals surface area contributed by atoms with E-state index in [2.05, 4.69) is 15.6 Å². The van der Waals surface area contributed by atoms with E-state index in [1.807, 2.05) is 0 Å². The third kappa shape index (κ3) is 2.35. The Morgan fingerprint density at radius 2 is 2.32 bits per heavy atom. The lowest BCUT2D eigenvalue weighted by molar-refractivity contribution is 0.0890. The molecule has 3 atom stereocenters. The molecule has 3 unspecified atom stereocenters. The number of nitrogens with zero attached hydrogens (tertiary/aromatic N) is 1. The highest BCUT2D eigenvalue weighted by Crippen LogP contribution is 2.31. The first-order chi connectivity index (χ1) is 10.7. The van der Waals surface area contributed by atoms with Gasteiger partial charge in [-0.15, -0.1) is 0 Å². The van der Waals surface area contributed by atoms with Crippen molar-refractivity contribution in [2.24, 2.45) is 5.92 Å². The number of nitrogens with one attached hydrogen (secondary N) is 2. The minimum atomic E-state index is -0.274. The molecule has 0 spiro atoms. The molecule has 0 radical (unpaired) electrons. The van der Waals surface area contributed by atoms with Crippen molar-refractivity contribution in [3.8, 4) is 17.1 Å². The van der Waals surface area contributed by atoms with Crippen LogP contribution >= 0.6 is 0 Å². The van der Waals surface area contributed by atoms with Gasteiger partial charge in [0.1, 0.15) is 5.75 Å². The summed E-state index contributed by atoms with van der Waals surface area (Å²) in [7, 11) is 0. The second-order valence-electron chi connectivity index (χ2n) is 6.00. The summed E-state index contributed by atoms with van der Waals surface area (Å²) in [5.74, 6) is 0.914. The zero-order valence-electron chi connectivity index (χ0n) is 12.0. The van der Waals surface area contributed by atoms with Crippen molar-refractivity contribution in [3.63, 3.8) is 0 Å². The van der Waals surface area contributed by atoms with Crippen molar-refractivity contribution in [3.05, 3.63) is 36.4 Å². The van der Waals surface area contributed by atoms with Crippen LogP contribution in [0.5, 0.6) is 5.75 Å². The van der Waals surface area contributed by atoms with Gasteiger partial charge in [-0.3, -0.25) is 4.79 Å². The molecule has 6 heteroatoms. The van der Waals surface area contributed by atoms with Crippen LogP contribution in [0.4, 0.5) is 0 Å². The van der Waals surface area contributed by atoms with E-state index in [9.17, 15) is 9.90 Å². The molecule has 114 valence electrons. The molecule has 2 aliphatic rings. The minimum Gasteiger partial charge on any atom is -0.508 e. The Morgan fingerprint density at radius 1 is 1.41 bits per heavy atom. The van der Waals surface area contributed by atoms with Gasteiger partial charge in [0.25, 0.3) is 5.89 Å². The Hall–Kier alpha value is -2.34. The minimum absolute atomic E-state index is 0.0640. The fourth-order valence-corrected chi connectivity index (χ4v) is 3.41. The molecule has 2 heterocycles. The second-order valence-corrected chi connectivity index (χ2v) is 6.00. The van der Waals surface area contributed by atoms with Gasteiger partial charge < -0.3 is 20.2 Å². The van der Waals surface area contributed by atoms with Crippen LogP contribution in [0.3, 0.4) is 0 Å². The Bertz CT molecular complexity index is 712. The smallest absolute Gasteiger partial charge is 0.307 e. The van der Waals surface area contributed by atoms with Gasteiger partial charge >= 0.3 is 5.91 Å². The molecule has 6 nitrogen and oxygen atoms in total.